The molecule has 0 atom stereocenters. The van der Waals surface area contributed by atoms with Crippen molar-refractivity contribution >= 4 is 29.1 Å². The minimum atomic E-state index is -0.481. The van der Waals surface area contributed by atoms with Gasteiger partial charge in [0.25, 0.3) is 0 Å². The Bertz CT molecular complexity index is 118. The number of nitrogens with two attached hydrogens (primary N) is 1. The third kappa shape index (κ3) is 98.4. The average Bonchev–Trinajstić information content (AvgIpc) is 1.65. The Labute approximate surface area is 63.9 Å². The van der Waals surface area contributed by atoms with Crippen molar-refractivity contribution < 1.29 is 4.79 Å². The van der Waals surface area contributed by atoms with Gasteiger partial charge < -0.3 is 5.73 Å². The maximum absolute atomic E-state index is 9.47. The van der Waals surface area contributed by atoms with Gasteiger partial charge in [0.05, 0.1) is 4.49 Å². The quantitative estimate of drug-likeness (QED) is 0.593. The van der Waals surface area contributed by atoms with Crippen LogP contribution in [-0.4, -0.2) is 5.91 Å². The first kappa shape index (κ1) is 11.3. The fourth-order valence-electron chi connectivity index (χ4n) is 0. The van der Waals surface area contributed by atoms with Gasteiger partial charge in [0, 0.05) is 0 Å². The standard InChI is InChI=1S/C3H5NO.C2H2Cl2/c1-2-3(4)5;1-2(3)4/h2H,1H2,(H2,4,5);1H2. The average molecular weight is 168 g/mol. The van der Waals surface area contributed by atoms with Crippen LogP contribution >= 0.6 is 23.2 Å². The third-order valence-electron chi connectivity index (χ3n) is 0.201. The zero-order valence-electron chi connectivity index (χ0n) is 4.73. The molecule has 0 aliphatic rings. The molecule has 0 aliphatic heterocycles. The smallest absolute Gasteiger partial charge is 0.240 e. The molecule has 0 saturated carbocycles. The first-order chi connectivity index (χ1) is 4.00. The van der Waals surface area contributed by atoms with Gasteiger partial charge in [-0.05, 0) is 6.08 Å². The predicted molar refractivity (Wildman–Crippen MR) is 40.2 cm³/mol. The molecule has 0 aromatic carbocycles. The minimum Gasteiger partial charge on any atom is -0.366 e. The van der Waals surface area contributed by atoms with Gasteiger partial charge in [0.2, 0.25) is 5.91 Å². The SMILES string of the molecule is C=C(Cl)Cl.C=CC(N)=O. The molecule has 0 unspecified atom stereocenters. The van der Waals surface area contributed by atoms with E-state index < -0.39 is 5.91 Å². The lowest BCUT2D eigenvalue weighted by atomic mass is 10.6. The fourth-order valence-corrected chi connectivity index (χ4v) is 0. The highest BCUT2D eigenvalue weighted by Gasteiger charge is 1.69. The number of halogens is 2. The maximum Gasteiger partial charge on any atom is 0.240 e. The van der Waals surface area contributed by atoms with Gasteiger partial charge in [0.15, 0.2) is 0 Å². The second kappa shape index (κ2) is 7.53. The molecule has 0 rings (SSSR count). The molecule has 0 fully saturated rings. The van der Waals surface area contributed by atoms with E-state index >= 15 is 0 Å². The van der Waals surface area contributed by atoms with E-state index in [1.165, 1.54) is 0 Å². The van der Waals surface area contributed by atoms with E-state index in [4.69, 9.17) is 23.2 Å². The van der Waals surface area contributed by atoms with E-state index in [0.29, 0.717) is 0 Å². The highest BCUT2D eigenvalue weighted by molar-refractivity contribution is 6.55. The van der Waals surface area contributed by atoms with Gasteiger partial charge in [-0.2, -0.15) is 0 Å². The molecule has 0 heterocycles. The topological polar surface area (TPSA) is 43.1 Å². The molecule has 0 aromatic rings. The van der Waals surface area contributed by atoms with Crippen molar-refractivity contribution in [2.24, 2.45) is 5.73 Å². The molecular weight excluding hydrogens is 161 g/mol. The Balaban J connectivity index is 0. The van der Waals surface area contributed by atoms with Gasteiger partial charge in [-0.3, -0.25) is 4.79 Å². The van der Waals surface area contributed by atoms with Crippen molar-refractivity contribution in [2.45, 2.75) is 0 Å². The number of primary amides is 1. The summed E-state index contributed by atoms with van der Waals surface area (Å²) in [5.41, 5.74) is 4.53. The first-order valence-corrected chi connectivity index (χ1v) is 2.68. The van der Waals surface area contributed by atoms with Crippen LogP contribution in [0.3, 0.4) is 0 Å². The molecule has 4 heteroatoms. The van der Waals surface area contributed by atoms with Gasteiger partial charge in [-0.1, -0.05) is 36.4 Å². The lowest BCUT2D eigenvalue weighted by Crippen LogP contribution is -2.04. The van der Waals surface area contributed by atoms with Gasteiger partial charge >= 0.3 is 0 Å². The molecule has 0 aromatic heterocycles. The van der Waals surface area contributed by atoms with Crippen molar-refractivity contribution in [1.29, 1.82) is 0 Å². The molecule has 0 aliphatic carbocycles. The Hall–Kier alpha value is -0.470. The minimum absolute atomic E-state index is 0.111. The molecule has 2 N–H and O–H groups in total. The molecule has 9 heavy (non-hydrogen) atoms. The summed E-state index contributed by atoms with van der Waals surface area (Å²) in [6.07, 6.45) is 1.06. The summed E-state index contributed by atoms with van der Waals surface area (Å²) in [4.78, 5) is 9.47. The molecule has 2 nitrogen and oxygen atoms in total. The van der Waals surface area contributed by atoms with Crippen LogP contribution in [0.2, 0.25) is 0 Å². The summed E-state index contributed by atoms with van der Waals surface area (Å²) in [6, 6.07) is 0. The lowest BCUT2D eigenvalue weighted by molar-refractivity contribution is -0.113. The largest absolute Gasteiger partial charge is 0.366 e. The molecule has 0 bridgehead atoms. The van der Waals surface area contributed by atoms with Crippen molar-refractivity contribution in [3.8, 4) is 0 Å². The number of hydrogen-bond acceptors (Lipinski definition) is 1. The van der Waals surface area contributed by atoms with E-state index in [-0.39, 0.29) is 4.49 Å². The first-order valence-electron chi connectivity index (χ1n) is 1.92. The summed E-state index contributed by atoms with van der Waals surface area (Å²) in [6.45, 7) is 6.17. The predicted octanol–water partition coefficient (Wildman–Crippen LogP) is 1.59. The van der Waals surface area contributed by atoms with Crippen LogP contribution in [0.5, 0.6) is 0 Å². The fraction of sp³-hybridized carbons (Fsp3) is 0. The van der Waals surface area contributed by atoms with Crippen molar-refractivity contribution in [2.75, 3.05) is 0 Å². The normalized spacial score (nSPS) is 6.44. The number of rotatable bonds is 1. The van der Waals surface area contributed by atoms with Crippen LogP contribution in [0, 0.1) is 0 Å². The van der Waals surface area contributed by atoms with Crippen molar-refractivity contribution in [3.05, 3.63) is 23.7 Å². The van der Waals surface area contributed by atoms with Crippen molar-refractivity contribution in [3.63, 3.8) is 0 Å². The monoisotopic (exact) mass is 167 g/mol. The van der Waals surface area contributed by atoms with Gasteiger partial charge in [0.1, 0.15) is 0 Å². The van der Waals surface area contributed by atoms with E-state index in [1.807, 2.05) is 0 Å². The zero-order chi connectivity index (χ0) is 7.86. The van der Waals surface area contributed by atoms with E-state index in [1.54, 1.807) is 0 Å². The van der Waals surface area contributed by atoms with Crippen LogP contribution < -0.4 is 5.73 Å². The Morgan fingerprint density at radius 2 is 1.67 bits per heavy atom. The molecule has 0 radical (unpaired) electrons. The highest BCUT2D eigenvalue weighted by Crippen LogP contribution is 1.98. The number of hydrogen-bond donors (Lipinski definition) is 1. The van der Waals surface area contributed by atoms with E-state index in [0.717, 1.165) is 6.08 Å². The molecule has 52 valence electrons. The van der Waals surface area contributed by atoms with Gasteiger partial charge in [-0.25, -0.2) is 0 Å². The number of carbonyl (C=O) groups excluding carboxylic acids is 1. The van der Waals surface area contributed by atoms with Crippen molar-refractivity contribution in [1.82, 2.24) is 0 Å². The third-order valence-corrected chi connectivity index (χ3v) is 0.201. The van der Waals surface area contributed by atoms with E-state index in [2.05, 4.69) is 18.9 Å². The summed E-state index contributed by atoms with van der Waals surface area (Å²) < 4.78 is 0.111. The molecule has 0 spiro atoms. The summed E-state index contributed by atoms with van der Waals surface area (Å²) in [7, 11) is 0. The van der Waals surface area contributed by atoms with Crippen LogP contribution in [0.25, 0.3) is 0 Å². The maximum atomic E-state index is 9.47. The molecule has 0 saturated heterocycles. The summed E-state index contributed by atoms with van der Waals surface area (Å²) in [5, 5.41) is 0. The Morgan fingerprint density at radius 3 is 1.67 bits per heavy atom. The second-order valence-corrected chi connectivity index (χ2v) is 2.05. The Morgan fingerprint density at radius 1 is 1.56 bits per heavy atom. The van der Waals surface area contributed by atoms with Crippen LogP contribution in [0.15, 0.2) is 23.7 Å². The number of carbonyl (C=O) groups is 1. The second-order valence-electron chi connectivity index (χ2n) is 0.945. The highest BCUT2D eigenvalue weighted by atomic mass is 35.5. The summed E-state index contributed by atoms with van der Waals surface area (Å²) in [5.74, 6) is -0.481. The Kier molecular flexibility index (Phi) is 9.49. The van der Waals surface area contributed by atoms with E-state index in [9.17, 15) is 4.79 Å². The van der Waals surface area contributed by atoms with Crippen LogP contribution in [0.1, 0.15) is 0 Å². The summed E-state index contributed by atoms with van der Waals surface area (Å²) >= 11 is 9.69. The molecular formula is C5H7Cl2NO. The zero-order valence-corrected chi connectivity index (χ0v) is 6.24. The van der Waals surface area contributed by atoms with Gasteiger partial charge in [-0.15, -0.1) is 0 Å². The molecule has 1 amide bonds. The number of amides is 1. The van der Waals surface area contributed by atoms with Crippen LogP contribution in [-0.2, 0) is 4.79 Å². The van der Waals surface area contributed by atoms with Crippen LogP contribution in [0.4, 0.5) is 0 Å². The lowest BCUT2D eigenvalue weighted by Gasteiger charge is -1.65.